The van der Waals surface area contributed by atoms with Gasteiger partial charge in [0.25, 0.3) is 0 Å². The van der Waals surface area contributed by atoms with E-state index in [1.807, 2.05) is 11.3 Å². The van der Waals surface area contributed by atoms with E-state index in [0.29, 0.717) is 0 Å². The Hall–Kier alpha value is -7.00. The smallest absolute Gasteiger partial charge is 0.0465 e. The van der Waals surface area contributed by atoms with Crippen LogP contribution in [0.15, 0.2) is 212 Å². The molecule has 2 heteroatoms. The van der Waals surface area contributed by atoms with Crippen LogP contribution in [0.4, 0.5) is 17.1 Å². The highest BCUT2D eigenvalue weighted by Gasteiger charge is 2.43. The molecule has 0 amide bonds. The molecule has 1 nitrogen and oxygen atoms in total. The average Bonchev–Trinajstić information content (AvgIpc) is 3.91. The molecule has 2 unspecified atom stereocenters. The van der Waals surface area contributed by atoms with Gasteiger partial charge in [0.1, 0.15) is 0 Å². The van der Waals surface area contributed by atoms with E-state index in [1.165, 1.54) is 86.9 Å². The second kappa shape index (κ2) is 13.3. The van der Waals surface area contributed by atoms with E-state index >= 15 is 0 Å². The topological polar surface area (TPSA) is 3.24 Å². The fourth-order valence-corrected chi connectivity index (χ4v) is 11.7. The summed E-state index contributed by atoms with van der Waals surface area (Å²) in [6, 6.07) is 79.1. The van der Waals surface area contributed by atoms with Gasteiger partial charge in [-0.15, -0.1) is 11.3 Å². The van der Waals surface area contributed by atoms with E-state index in [2.05, 4.69) is 231 Å². The van der Waals surface area contributed by atoms with Crippen LogP contribution in [0.2, 0.25) is 0 Å². The molecule has 9 aromatic carbocycles. The molecule has 284 valence electrons. The lowest BCUT2D eigenvalue weighted by molar-refractivity contribution is 0.713. The third-order valence-corrected chi connectivity index (χ3v) is 14.8. The van der Waals surface area contributed by atoms with Gasteiger partial charge in [0.05, 0.1) is 0 Å². The SMILES string of the molecule is CC1(c2ccccc2)c2ccccc2-c2ccc(N(c3ccc(-c4ccc5c(c4)sc4ccccc45)cc3)c3ccc4c(c3)C(C)(c3ccccc3)c3ccccc3-4)cc21. The minimum atomic E-state index is -0.310. The first-order valence-electron chi connectivity index (χ1n) is 20.9. The highest BCUT2D eigenvalue weighted by atomic mass is 32.1. The zero-order chi connectivity index (χ0) is 40.0. The number of fused-ring (bicyclic) bond motifs is 9. The van der Waals surface area contributed by atoms with Crippen LogP contribution in [0, 0.1) is 0 Å². The lowest BCUT2D eigenvalue weighted by atomic mass is 9.74. The molecule has 12 rings (SSSR count). The molecule has 0 N–H and O–H groups in total. The molecule has 60 heavy (non-hydrogen) atoms. The standard InChI is InChI=1S/C58H41NS/c1-57(40-15-5-3-6-16-40)51-22-12-9-19-45(51)47-33-30-43(36-53(47)57)59(42-28-25-38(26-29-42)39-27-32-50-49-21-11-14-24-55(49)60-56(50)35-39)44-31-34-48-46-20-10-13-23-52(46)58(2,54(48)37-44)41-17-7-4-8-18-41/h3-37H,1-2H3. The Labute approximate surface area is 355 Å². The molecule has 2 aliphatic rings. The number of hydrogen-bond acceptors (Lipinski definition) is 2. The maximum absolute atomic E-state index is 2.47. The lowest BCUT2D eigenvalue weighted by Crippen LogP contribution is -2.23. The van der Waals surface area contributed by atoms with Gasteiger partial charge in [-0.2, -0.15) is 0 Å². The van der Waals surface area contributed by atoms with E-state index in [4.69, 9.17) is 0 Å². The highest BCUT2D eigenvalue weighted by Crippen LogP contribution is 2.56. The second-order valence-electron chi connectivity index (χ2n) is 16.7. The Morgan fingerprint density at radius 1 is 0.333 bits per heavy atom. The zero-order valence-corrected chi connectivity index (χ0v) is 34.4. The normalized spacial score (nSPS) is 17.3. The summed E-state index contributed by atoms with van der Waals surface area (Å²) in [7, 11) is 0. The lowest BCUT2D eigenvalue weighted by Gasteiger charge is -2.32. The summed E-state index contributed by atoms with van der Waals surface area (Å²) in [5.74, 6) is 0. The fraction of sp³-hybridized carbons (Fsp3) is 0.0690. The van der Waals surface area contributed by atoms with Gasteiger partial charge >= 0.3 is 0 Å². The van der Waals surface area contributed by atoms with Crippen LogP contribution >= 0.6 is 11.3 Å². The van der Waals surface area contributed by atoms with Crippen molar-refractivity contribution in [2.75, 3.05) is 4.90 Å². The number of hydrogen-bond donors (Lipinski definition) is 0. The molecule has 10 aromatic rings. The predicted molar refractivity (Wildman–Crippen MR) is 254 cm³/mol. The van der Waals surface area contributed by atoms with Gasteiger partial charge in [-0.3, -0.25) is 0 Å². The van der Waals surface area contributed by atoms with Crippen molar-refractivity contribution in [1.29, 1.82) is 0 Å². The summed E-state index contributed by atoms with van der Waals surface area (Å²) in [6.07, 6.45) is 0. The summed E-state index contributed by atoms with van der Waals surface area (Å²) in [6.45, 7) is 4.81. The van der Waals surface area contributed by atoms with Crippen LogP contribution in [0.5, 0.6) is 0 Å². The van der Waals surface area contributed by atoms with Gasteiger partial charge in [0.2, 0.25) is 0 Å². The van der Waals surface area contributed by atoms with Crippen molar-refractivity contribution in [3.8, 4) is 33.4 Å². The molecule has 0 bridgehead atoms. The first-order valence-corrected chi connectivity index (χ1v) is 21.7. The van der Waals surface area contributed by atoms with Crippen molar-refractivity contribution in [1.82, 2.24) is 0 Å². The molecule has 2 aliphatic carbocycles. The van der Waals surface area contributed by atoms with Crippen LogP contribution in [0.25, 0.3) is 53.6 Å². The molecule has 0 aliphatic heterocycles. The van der Waals surface area contributed by atoms with Gasteiger partial charge in [0, 0.05) is 48.1 Å². The van der Waals surface area contributed by atoms with Gasteiger partial charge in [0.15, 0.2) is 0 Å². The van der Waals surface area contributed by atoms with E-state index in [-0.39, 0.29) is 10.8 Å². The maximum Gasteiger partial charge on any atom is 0.0465 e. The van der Waals surface area contributed by atoms with Crippen LogP contribution in [-0.2, 0) is 10.8 Å². The molecular weight excluding hydrogens is 743 g/mol. The van der Waals surface area contributed by atoms with Crippen molar-refractivity contribution >= 4 is 48.6 Å². The minimum absolute atomic E-state index is 0.310. The number of rotatable bonds is 6. The molecule has 0 spiro atoms. The Morgan fingerprint density at radius 2 is 0.783 bits per heavy atom. The number of benzene rings is 9. The summed E-state index contributed by atoms with van der Waals surface area (Å²) >= 11 is 1.87. The number of thiophene rings is 1. The number of anilines is 3. The van der Waals surface area contributed by atoms with Crippen LogP contribution in [0.3, 0.4) is 0 Å². The molecule has 0 fully saturated rings. The minimum Gasteiger partial charge on any atom is -0.310 e. The Bertz CT molecular complexity index is 3140. The van der Waals surface area contributed by atoms with Crippen LogP contribution < -0.4 is 4.90 Å². The molecule has 1 heterocycles. The van der Waals surface area contributed by atoms with Crippen LogP contribution in [-0.4, -0.2) is 0 Å². The van der Waals surface area contributed by atoms with Crippen molar-refractivity contribution in [2.45, 2.75) is 24.7 Å². The summed E-state index contributed by atoms with van der Waals surface area (Å²) in [4.78, 5) is 2.47. The number of nitrogens with zero attached hydrogens (tertiary/aromatic N) is 1. The van der Waals surface area contributed by atoms with Crippen molar-refractivity contribution in [3.05, 3.63) is 246 Å². The fourth-order valence-electron chi connectivity index (χ4n) is 10.6. The summed E-state index contributed by atoms with van der Waals surface area (Å²) < 4.78 is 2.65. The third kappa shape index (κ3) is 5.04. The molecule has 0 saturated heterocycles. The molecule has 0 saturated carbocycles. The van der Waals surface area contributed by atoms with Crippen molar-refractivity contribution in [2.24, 2.45) is 0 Å². The van der Waals surface area contributed by atoms with E-state index in [0.717, 1.165) is 17.1 Å². The summed E-state index contributed by atoms with van der Waals surface area (Å²) in [5, 5.41) is 2.65. The van der Waals surface area contributed by atoms with Crippen LogP contribution in [0.1, 0.15) is 47.2 Å². The van der Waals surface area contributed by atoms with Crippen molar-refractivity contribution in [3.63, 3.8) is 0 Å². The van der Waals surface area contributed by atoms with E-state index < -0.39 is 0 Å². The molecule has 2 atom stereocenters. The molecule has 1 aromatic heterocycles. The third-order valence-electron chi connectivity index (χ3n) is 13.7. The molecule has 0 radical (unpaired) electrons. The Kier molecular flexibility index (Phi) is 7.73. The Morgan fingerprint density at radius 3 is 1.37 bits per heavy atom. The van der Waals surface area contributed by atoms with Gasteiger partial charge in [-0.1, -0.05) is 164 Å². The average molecular weight is 784 g/mol. The summed E-state index contributed by atoms with van der Waals surface area (Å²) in [5.41, 5.74) is 18.4. The van der Waals surface area contributed by atoms with Gasteiger partial charge in [-0.05, 0) is 129 Å². The van der Waals surface area contributed by atoms with Gasteiger partial charge in [-0.25, -0.2) is 0 Å². The Balaban J connectivity index is 1.04. The molecular formula is C58H41NS. The monoisotopic (exact) mass is 783 g/mol. The van der Waals surface area contributed by atoms with Gasteiger partial charge < -0.3 is 4.90 Å². The second-order valence-corrected chi connectivity index (χ2v) is 17.8. The van der Waals surface area contributed by atoms with E-state index in [9.17, 15) is 0 Å². The largest absolute Gasteiger partial charge is 0.310 e. The zero-order valence-electron chi connectivity index (χ0n) is 33.6. The predicted octanol–water partition coefficient (Wildman–Crippen LogP) is 15.9. The first kappa shape index (κ1) is 35.0. The highest BCUT2D eigenvalue weighted by molar-refractivity contribution is 7.25. The van der Waals surface area contributed by atoms with E-state index in [1.54, 1.807) is 0 Å². The quantitative estimate of drug-likeness (QED) is 0.162. The first-order chi connectivity index (χ1) is 29.5. The van der Waals surface area contributed by atoms with Crippen molar-refractivity contribution < 1.29 is 0 Å². The maximum atomic E-state index is 2.47.